The molecular weight excluding hydrogens is 222 g/mol. The zero-order valence-corrected chi connectivity index (χ0v) is 10.3. The van der Waals surface area contributed by atoms with E-state index in [2.05, 4.69) is 15.6 Å². The Hall–Kier alpha value is -0.940. The lowest BCUT2D eigenvalue weighted by atomic mass is 10.1. The molecule has 88 valence electrons. The first-order valence-electron chi connectivity index (χ1n) is 5.69. The molecule has 0 spiro atoms. The van der Waals surface area contributed by atoms with Crippen LogP contribution < -0.4 is 10.6 Å². The van der Waals surface area contributed by atoms with Crippen LogP contribution in [0.3, 0.4) is 0 Å². The molecule has 0 aromatic carbocycles. The summed E-state index contributed by atoms with van der Waals surface area (Å²) in [5, 5.41) is 6.36. The standard InChI is InChI=1S/C11H17N3OS/c1-8-10(16-7-14-8)11(15)13-6-4-9-3-2-5-12-9/h7,9,12H,2-6H2,1H3,(H,13,15)/t9-/m0/s1. The van der Waals surface area contributed by atoms with E-state index in [0.717, 1.165) is 30.1 Å². The number of nitrogens with zero attached hydrogens (tertiary/aromatic N) is 1. The van der Waals surface area contributed by atoms with Crippen LogP contribution >= 0.6 is 11.3 Å². The summed E-state index contributed by atoms with van der Waals surface area (Å²) in [5.41, 5.74) is 2.53. The first kappa shape index (κ1) is 11.5. The van der Waals surface area contributed by atoms with Crippen LogP contribution in [-0.4, -0.2) is 30.0 Å². The summed E-state index contributed by atoms with van der Waals surface area (Å²) in [6, 6.07) is 0.586. The lowest BCUT2D eigenvalue weighted by Crippen LogP contribution is -2.30. The van der Waals surface area contributed by atoms with E-state index in [9.17, 15) is 4.79 Å². The predicted octanol–water partition coefficient (Wildman–Crippen LogP) is 1.32. The minimum atomic E-state index is 0.0120. The third-order valence-electron chi connectivity index (χ3n) is 2.89. The van der Waals surface area contributed by atoms with Crippen molar-refractivity contribution in [2.24, 2.45) is 0 Å². The molecule has 1 amide bonds. The number of nitrogens with one attached hydrogen (secondary N) is 2. The Morgan fingerprint density at radius 1 is 1.75 bits per heavy atom. The van der Waals surface area contributed by atoms with Crippen LogP contribution in [0, 0.1) is 6.92 Å². The van der Waals surface area contributed by atoms with Gasteiger partial charge in [0.2, 0.25) is 0 Å². The van der Waals surface area contributed by atoms with Gasteiger partial charge in [-0.1, -0.05) is 0 Å². The average Bonchev–Trinajstić information content (AvgIpc) is 2.88. The Morgan fingerprint density at radius 2 is 2.62 bits per heavy atom. The molecule has 0 saturated carbocycles. The molecule has 1 fully saturated rings. The van der Waals surface area contributed by atoms with Crippen LogP contribution in [0.2, 0.25) is 0 Å². The third-order valence-corrected chi connectivity index (χ3v) is 3.82. The largest absolute Gasteiger partial charge is 0.351 e. The molecule has 1 aromatic rings. The second-order valence-electron chi connectivity index (χ2n) is 4.10. The summed E-state index contributed by atoms with van der Waals surface area (Å²) in [5.74, 6) is 0.0120. The van der Waals surface area contributed by atoms with Gasteiger partial charge < -0.3 is 10.6 Å². The highest BCUT2D eigenvalue weighted by molar-refractivity contribution is 7.11. The number of aromatic nitrogens is 1. The topological polar surface area (TPSA) is 54.0 Å². The Bertz CT molecular complexity index is 358. The van der Waals surface area contributed by atoms with Gasteiger partial charge in [-0.2, -0.15) is 0 Å². The second-order valence-corrected chi connectivity index (χ2v) is 4.96. The fourth-order valence-corrected chi connectivity index (χ4v) is 2.68. The Kier molecular flexibility index (Phi) is 3.90. The average molecular weight is 239 g/mol. The van der Waals surface area contributed by atoms with Crippen molar-refractivity contribution in [2.45, 2.75) is 32.2 Å². The van der Waals surface area contributed by atoms with E-state index in [1.807, 2.05) is 6.92 Å². The quantitative estimate of drug-likeness (QED) is 0.833. The maximum atomic E-state index is 11.7. The summed E-state index contributed by atoms with van der Waals surface area (Å²) in [4.78, 5) is 16.5. The normalized spacial score (nSPS) is 19.9. The van der Waals surface area contributed by atoms with Crippen molar-refractivity contribution in [3.8, 4) is 0 Å². The van der Waals surface area contributed by atoms with Gasteiger partial charge >= 0.3 is 0 Å². The molecule has 1 aliphatic rings. The molecule has 0 unspecified atom stereocenters. The molecule has 4 nitrogen and oxygen atoms in total. The summed E-state index contributed by atoms with van der Waals surface area (Å²) < 4.78 is 0. The fourth-order valence-electron chi connectivity index (χ4n) is 1.96. The molecular formula is C11H17N3OS. The van der Waals surface area contributed by atoms with Crippen molar-refractivity contribution < 1.29 is 4.79 Å². The van der Waals surface area contributed by atoms with Gasteiger partial charge in [-0.25, -0.2) is 4.98 Å². The minimum Gasteiger partial charge on any atom is -0.351 e. The highest BCUT2D eigenvalue weighted by Gasteiger charge is 2.15. The molecule has 1 aromatic heterocycles. The van der Waals surface area contributed by atoms with E-state index in [1.165, 1.54) is 24.2 Å². The van der Waals surface area contributed by atoms with Crippen LogP contribution in [0.5, 0.6) is 0 Å². The number of carbonyl (C=O) groups is 1. The van der Waals surface area contributed by atoms with Crippen LogP contribution in [0.15, 0.2) is 5.51 Å². The molecule has 2 heterocycles. The molecule has 0 bridgehead atoms. The van der Waals surface area contributed by atoms with Crippen molar-refractivity contribution in [1.82, 2.24) is 15.6 Å². The van der Waals surface area contributed by atoms with Crippen molar-refractivity contribution in [3.05, 3.63) is 16.1 Å². The molecule has 0 radical (unpaired) electrons. The number of thiazole rings is 1. The summed E-state index contributed by atoms with van der Waals surface area (Å²) in [6.07, 6.45) is 3.51. The summed E-state index contributed by atoms with van der Waals surface area (Å²) in [6.45, 7) is 3.73. The fraction of sp³-hybridized carbons (Fsp3) is 0.636. The van der Waals surface area contributed by atoms with Gasteiger partial charge in [0.25, 0.3) is 5.91 Å². The van der Waals surface area contributed by atoms with Gasteiger partial charge in [-0.05, 0) is 32.7 Å². The molecule has 2 rings (SSSR count). The molecule has 16 heavy (non-hydrogen) atoms. The molecule has 5 heteroatoms. The summed E-state index contributed by atoms with van der Waals surface area (Å²) in [7, 11) is 0. The van der Waals surface area contributed by atoms with Crippen LogP contribution in [0.4, 0.5) is 0 Å². The minimum absolute atomic E-state index is 0.0120. The van der Waals surface area contributed by atoms with Crippen molar-refractivity contribution in [2.75, 3.05) is 13.1 Å². The second kappa shape index (κ2) is 5.41. The first-order valence-corrected chi connectivity index (χ1v) is 6.57. The van der Waals surface area contributed by atoms with E-state index in [0.29, 0.717) is 6.04 Å². The molecule has 0 aliphatic carbocycles. The van der Waals surface area contributed by atoms with Gasteiger partial charge in [0.15, 0.2) is 0 Å². The molecule has 1 atom stereocenters. The lowest BCUT2D eigenvalue weighted by molar-refractivity contribution is 0.0955. The number of rotatable bonds is 4. The lowest BCUT2D eigenvalue weighted by Gasteiger charge is -2.10. The van der Waals surface area contributed by atoms with Gasteiger partial charge in [-0.3, -0.25) is 4.79 Å². The zero-order chi connectivity index (χ0) is 11.4. The first-order chi connectivity index (χ1) is 7.77. The van der Waals surface area contributed by atoms with Crippen molar-refractivity contribution in [1.29, 1.82) is 0 Å². The molecule has 1 saturated heterocycles. The van der Waals surface area contributed by atoms with Gasteiger partial charge in [0, 0.05) is 12.6 Å². The third kappa shape index (κ3) is 2.80. The van der Waals surface area contributed by atoms with E-state index in [1.54, 1.807) is 5.51 Å². The maximum Gasteiger partial charge on any atom is 0.263 e. The maximum absolute atomic E-state index is 11.7. The van der Waals surface area contributed by atoms with Gasteiger partial charge in [0.1, 0.15) is 4.88 Å². The zero-order valence-electron chi connectivity index (χ0n) is 9.45. The highest BCUT2D eigenvalue weighted by Crippen LogP contribution is 2.12. The number of aryl methyl sites for hydroxylation is 1. The Morgan fingerprint density at radius 3 is 3.25 bits per heavy atom. The smallest absolute Gasteiger partial charge is 0.263 e. The number of carbonyl (C=O) groups excluding carboxylic acids is 1. The Balaban J connectivity index is 1.73. The Labute approximate surface area is 99.5 Å². The van der Waals surface area contributed by atoms with E-state index in [-0.39, 0.29) is 5.91 Å². The summed E-state index contributed by atoms with van der Waals surface area (Å²) >= 11 is 1.40. The van der Waals surface area contributed by atoms with Gasteiger partial charge in [0.05, 0.1) is 11.2 Å². The number of hydrogen-bond donors (Lipinski definition) is 2. The molecule has 2 N–H and O–H groups in total. The van der Waals surface area contributed by atoms with Gasteiger partial charge in [-0.15, -0.1) is 11.3 Å². The van der Waals surface area contributed by atoms with E-state index >= 15 is 0 Å². The number of amides is 1. The number of hydrogen-bond acceptors (Lipinski definition) is 4. The molecule has 1 aliphatic heterocycles. The van der Waals surface area contributed by atoms with Crippen molar-refractivity contribution in [3.63, 3.8) is 0 Å². The monoisotopic (exact) mass is 239 g/mol. The van der Waals surface area contributed by atoms with E-state index in [4.69, 9.17) is 0 Å². The predicted molar refractivity (Wildman–Crippen MR) is 64.8 cm³/mol. The van der Waals surface area contributed by atoms with Crippen LogP contribution in [0.1, 0.15) is 34.6 Å². The van der Waals surface area contributed by atoms with E-state index < -0.39 is 0 Å². The SMILES string of the molecule is Cc1ncsc1C(=O)NCC[C@@H]1CCCN1. The highest BCUT2D eigenvalue weighted by atomic mass is 32.1. The van der Waals surface area contributed by atoms with Crippen LogP contribution in [-0.2, 0) is 0 Å². The van der Waals surface area contributed by atoms with Crippen molar-refractivity contribution >= 4 is 17.2 Å². The van der Waals surface area contributed by atoms with Crippen LogP contribution in [0.25, 0.3) is 0 Å².